The second-order valence-electron chi connectivity index (χ2n) is 18.0. The molecule has 1 spiro atoms. The van der Waals surface area contributed by atoms with E-state index in [2.05, 4.69) is 275 Å². The van der Waals surface area contributed by atoms with Gasteiger partial charge in [-0.3, -0.25) is 0 Å². The highest BCUT2D eigenvalue weighted by Crippen LogP contribution is 2.67. The predicted molar refractivity (Wildman–Crippen MR) is 284 cm³/mol. The Bertz CT molecular complexity index is 3870. The summed E-state index contributed by atoms with van der Waals surface area (Å²) in [4.78, 5) is 5.03. The Balaban J connectivity index is 1.12. The minimum Gasteiger partial charge on any atom is -0.310 e. The van der Waals surface area contributed by atoms with Gasteiger partial charge in [0.05, 0.1) is 33.5 Å². The van der Waals surface area contributed by atoms with Crippen LogP contribution in [0.25, 0.3) is 60.5 Å². The SMILES string of the molecule is c1ccc(N(c2ccccc2)c2cccc3c2C2(c4ccccc4-3)c3ccccc3-c3cccc(N(c4ccc5c6ccccc6n(-c6ccccc6)c5c4)c4cccc5ccccc45)c32)cc1. The van der Waals surface area contributed by atoms with Gasteiger partial charge in [-0.1, -0.05) is 188 Å². The smallest absolute Gasteiger partial charge is 0.0766 e. The number of rotatable bonds is 7. The average molecular weight is 866 g/mol. The zero-order valence-corrected chi connectivity index (χ0v) is 37.2. The molecule has 1 aromatic heterocycles. The highest BCUT2D eigenvalue weighted by molar-refractivity contribution is 6.12. The van der Waals surface area contributed by atoms with Crippen molar-refractivity contribution in [1.29, 1.82) is 0 Å². The van der Waals surface area contributed by atoms with E-state index in [1.807, 2.05) is 0 Å². The molecular weight excluding hydrogens is 823 g/mol. The van der Waals surface area contributed by atoms with Crippen LogP contribution in [0.1, 0.15) is 22.3 Å². The number of nitrogens with zero attached hydrogens (tertiary/aromatic N) is 3. The summed E-state index contributed by atoms with van der Waals surface area (Å²) < 4.78 is 2.43. The molecule has 1 heterocycles. The number of hydrogen-bond donors (Lipinski definition) is 0. The number of benzene rings is 11. The minimum absolute atomic E-state index is 0.710. The first-order valence-corrected chi connectivity index (χ1v) is 23.5. The Morgan fingerprint density at radius 1 is 0.294 bits per heavy atom. The van der Waals surface area contributed by atoms with E-state index in [0.717, 1.165) is 45.3 Å². The molecule has 2 aliphatic rings. The van der Waals surface area contributed by atoms with Gasteiger partial charge < -0.3 is 14.4 Å². The zero-order chi connectivity index (χ0) is 44.8. The normalized spacial score (nSPS) is 14.2. The maximum atomic E-state index is 2.57. The predicted octanol–water partition coefficient (Wildman–Crippen LogP) is 17.2. The van der Waals surface area contributed by atoms with Crippen molar-refractivity contribution in [2.24, 2.45) is 0 Å². The van der Waals surface area contributed by atoms with Crippen molar-refractivity contribution in [3.63, 3.8) is 0 Å². The Hall–Kier alpha value is -8.92. The van der Waals surface area contributed by atoms with Gasteiger partial charge in [0.2, 0.25) is 0 Å². The van der Waals surface area contributed by atoms with Gasteiger partial charge in [0.1, 0.15) is 0 Å². The summed E-state index contributed by atoms with van der Waals surface area (Å²) in [5.41, 5.74) is 19.6. The van der Waals surface area contributed by atoms with E-state index in [9.17, 15) is 0 Å². The number of fused-ring (bicyclic) bond motifs is 14. The van der Waals surface area contributed by atoms with Crippen LogP contribution in [0, 0.1) is 0 Å². The molecule has 0 N–H and O–H groups in total. The average Bonchev–Trinajstić information content (AvgIpc) is 4.02. The van der Waals surface area contributed by atoms with E-state index >= 15 is 0 Å². The van der Waals surface area contributed by atoms with Crippen LogP contribution in [-0.4, -0.2) is 4.57 Å². The molecule has 68 heavy (non-hydrogen) atoms. The third-order valence-electron chi connectivity index (χ3n) is 14.5. The second-order valence-corrected chi connectivity index (χ2v) is 18.0. The zero-order valence-electron chi connectivity index (χ0n) is 37.2. The monoisotopic (exact) mass is 865 g/mol. The van der Waals surface area contributed by atoms with E-state index in [4.69, 9.17) is 0 Å². The van der Waals surface area contributed by atoms with Crippen LogP contribution >= 0.6 is 0 Å². The molecule has 0 bridgehead atoms. The summed E-state index contributed by atoms with van der Waals surface area (Å²) in [5.74, 6) is 0. The van der Waals surface area contributed by atoms with Crippen molar-refractivity contribution in [2.45, 2.75) is 5.41 Å². The highest BCUT2D eigenvalue weighted by atomic mass is 15.2. The first-order chi connectivity index (χ1) is 33.8. The quantitative estimate of drug-likeness (QED) is 0.158. The first kappa shape index (κ1) is 38.4. The topological polar surface area (TPSA) is 11.4 Å². The molecule has 0 amide bonds. The molecule has 0 radical (unpaired) electrons. The maximum Gasteiger partial charge on any atom is 0.0766 e. The maximum absolute atomic E-state index is 2.57. The molecule has 0 fully saturated rings. The molecule has 0 saturated carbocycles. The van der Waals surface area contributed by atoms with Crippen molar-refractivity contribution < 1.29 is 0 Å². The van der Waals surface area contributed by atoms with E-state index in [1.54, 1.807) is 0 Å². The van der Waals surface area contributed by atoms with Crippen LogP contribution in [0.15, 0.2) is 261 Å². The highest BCUT2D eigenvalue weighted by Gasteiger charge is 2.55. The molecule has 3 heteroatoms. The van der Waals surface area contributed by atoms with E-state index in [1.165, 1.54) is 71.6 Å². The summed E-state index contributed by atoms with van der Waals surface area (Å²) in [5, 5.41) is 4.84. The summed E-state index contributed by atoms with van der Waals surface area (Å²) in [6.07, 6.45) is 0. The van der Waals surface area contributed by atoms with Crippen molar-refractivity contribution in [2.75, 3.05) is 9.80 Å². The Morgan fingerprint density at radius 2 is 0.765 bits per heavy atom. The summed E-state index contributed by atoms with van der Waals surface area (Å²) in [6, 6.07) is 96.3. The lowest BCUT2D eigenvalue weighted by Crippen LogP contribution is -2.30. The molecule has 0 saturated heterocycles. The Morgan fingerprint density at radius 3 is 1.43 bits per heavy atom. The largest absolute Gasteiger partial charge is 0.310 e. The second kappa shape index (κ2) is 15.1. The Kier molecular flexibility index (Phi) is 8.50. The lowest BCUT2D eigenvalue weighted by molar-refractivity contribution is 0.792. The number of aromatic nitrogens is 1. The van der Waals surface area contributed by atoms with Crippen LogP contribution in [0.3, 0.4) is 0 Å². The molecule has 11 aromatic carbocycles. The third-order valence-corrected chi connectivity index (χ3v) is 14.5. The summed E-state index contributed by atoms with van der Waals surface area (Å²) in [7, 11) is 0. The van der Waals surface area contributed by atoms with Crippen LogP contribution in [0.5, 0.6) is 0 Å². The van der Waals surface area contributed by atoms with Crippen LogP contribution < -0.4 is 9.80 Å². The minimum atomic E-state index is -0.710. The molecule has 2 aliphatic carbocycles. The lowest BCUT2D eigenvalue weighted by atomic mass is 9.69. The molecule has 14 rings (SSSR count). The third kappa shape index (κ3) is 5.41. The van der Waals surface area contributed by atoms with Gasteiger partial charge in [-0.15, -0.1) is 0 Å². The van der Waals surface area contributed by atoms with Crippen LogP contribution in [0.4, 0.5) is 34.1 Å². The van der Waals surface area contributed by atoms with E-state index in [-0.39, 0.29) is 0 Å². The van der Waals surface area contributed by atoms with Crippen molar-refractivity contribution in [3.05, 3.63) is 283 Å². The number of anilines is 6. The summed E-state index contributed by atoms with van der Waals surface area (Å²) in [6.45, 7) is 0. The molecule has 3 nitrogen and oxygen atoms in total. The number of hydrogen-bond acceptors (Lipinski definition) is 2. The van der Waals surface area contributed by atoms with Gasteiger partial charge in [-0.25, -0.2) is 0 Å². The van der Waals surface area contributed by atoms with Gasteiger partial charge in [0, 0.05) is 50.0 Å². The van der Waals surface area contributed by atoms with Gasteiger partial charge in [0.15, 0.2) is 0 Å². The summed E-state index contributed by atoms with van der Waals surface area (Å²) >= 11 is 0. The molecule has 0 aliphatic heterocycles. The first-order valence-electron chi connectivity index (χ1n) is 23.5. The molecule has 1 atom stereocenters. The lowest BCUT2D eigenvalue weighted by Gasteiger charge is -2.38. The molecule has 12 aromatic rings. The van der Waals surface area contributed by atoms with E-state index in [0.29, 0.717) is 0 Å². The van der Waals surface area contributed by atoms with Gasteiger partial charge >= 0.3 is 0 Å². The Labute approximate surface area is 395 Å². The van der Waals surface area contributed by atoms with Crippen LogP contribution in [0.2, 0.25) is 0 Å². The fourth-order valence-corrected chi connectivity index (χ4v) is 11.9. The van der Waals surface area contributed by atoms with E-state index < -0.39 is 5.41 Å². The standard InChI is InChI=1S/C65H43N3/c1-4-23-45(24-5-1)66(46-25-6-2-7-26-46)60-39-19-33-54-50-30-12-15-35-56(50)65(63(54)60)57-36-16-13-31-51(57)55-34-20-40-61(64(55)65)68(58-38-18-22-44-21-10-11-29-49(44)58)48-41-42-53-52-32-14-17-37-59(52)67(62(53)43-48)47-27-8-3-9-28-47/h1-43H. The van der Waals surface area contributed by atoms with Crippen molar-refractivity contribution >= 4 is 66.7 Å². The fraction of sp³-hybridized carbons (Fsp3) is 0.0154. The van der Waals surface area contributed by atoms with Gasteiger partial charge in [-0.2, -0.15) is 0 Å². The van der Waals surface area contributed by atoms with Gasteiger partial charge in [0.25, 0.3) is 0 Å². The molecular formula is C65H43N3. The van der Waals surface area contributed by atoms with Gasteiger partial charge in [-0.05, 0) is 112 Å². The van der Waals surface area contributed by atoms with Crippen LogP contribution in [-0.2, 0) is 5.41 Å². The molecule has 1 unspecified atom stereocenters. The fourth-order valence-electron chi connectivity index (χ4n) is 11.9. The van der Waals surface area contributed by atoms with Crippen molar-refractivity contribution in [1.82, 2.24) is 4.57 Å². The molecule has 318 valence electrons. The van der Waals surface area contributed by atoms with Crippen molar-refractivity contribution in [3.8, 4) is 27.9 Å². The number of para-hydroxylation sites is 4.